The van der Waals surface area contributed by atoms with E-state index in [4.69, 9.17) is 22.8 Å². The molecule has 1 aliphatic rings. The van der Waals surface area contributed by atoms with Gasteiger partial charge in [-0.05, 0) is 12.8 Å². The highest BCUT2D eigenvalue weighted by Gasteiger charge is 2.39. The molecule has 0 unspecified atom stereocenters. The van der Waals surface area contributed by atoms with E-state index in [1.54, 1.807) is 21.3 Å². The summed E-state index contributed by atoms with van der Waals surface area (Å²) in [6, 6.07) is 0.812. The van der Waals surface area contributed by atoms with Crippen LogP contribution in [0.15, 0.2) is 0 Å². The predicted octanol–water partition coefficient (Wildman–Crippen LogP) is 2.04. The van der Waals surface area contributed by atoms with Crippen LogP contribution < -0.4 is 0 Å². The van der Waals surface area contributed by atoms with E-state index < -0.39 is 8.80 Å². The van der Waals surface area contributed by atoms with Gasteiger partial charge in [-0.1, -0.05) is 13.8 Å². The summed E-state index contributed by atoms with van der Waals surface area (Å²) < 4.78 is 27.4. The maximum Gasteiger partial charge on any atom is 0.500 e. The normalized spacial score (nSPS) is 18.5. The second-order valence-corrected chi connectivity index (χ2v) is 8.30. The van der Waals surface area contributed by atoms with Gasteiger partial charge in [0.1, 0.15) is 0 Å². The van der Waals surface area contributed by atoms with Crippen molar-refractivity contribution in [1.82, 2.24) is 0 Å². The third-order valence-electron chi connectivity index (χ3n) is 3.50. The molecular weight excluding hydrogens is 252 g/mol. The molecule has 1 aliphatic heterocycles. The number of ether oxygens (including phenoxy) is 2. The van der Waals surface area contributed by atoms with Gasteiger partial charge in [0.15, 0.2) is 6.29 Å². The molecule has 0 radical (unpaired) electrons. The standard InChI is InChI=1S/C12H26O5Si/c1-12(2,11-16-8-9-17-11)7-6-10-18(13-3,14-4)15-5/h11H,6-10H2,1-5H3. The van der Waals surface area contributed by atoms with E-state index in [0.717, 1.165) is 18.9 Å². The zero-order valence-corrected chi connectivity index (χ0v) is 13.2. The van der Waals surface area contributed by atoms with Crippen LogP contribution in [0.5, 0.6) is 0 Å². The van der Waals surface area contributed by atoms with Crippen molar-refractivity contribution in [3.05, 3.63) is 0 Å². The molecule has 18 heavy (non-hydrogen) atoms. The molecule has 0 amide bonds. The molecule has 0 bridgehead atoms. The van der Waals surface area contributed by atoms with Crippen molar-refractivity contribution < 1.29 is 22.8 Å². The summed E-state index contributed by atoms with van der Waals surface area (Å²) in [5.41, 5.74) is 0.00582. The van der Waals surface area contributed by atoms with Crippen LogP contribution in [-0.4, -0.2) is 49.6 Å². The maximum atomic E-state index is 5.57. The summed E-state index contributed by atoms with van der Waals surface area (Å²) in [5, 5.41) is 0. The molecule has 1 saturated heterocycles. The Hall–Kier alpha value is 0.0169. The van der Waals surface area contributed by atoms with Crippen molar-refractivity contribution in [3.8, 4) is 0 Å². The lowest BCUT2D eigenvalue weighted by atomic mass is 9.87. The lowest BCUT2D eigenvalue weighted by Crippen LogP contribution is -2.43. The first-order chi connectivity index (χ1) is 8.49. The molecule has 5 nitrogen and oxygen atoms in total. The molecule has 0 atom stereocenters. The summed E-state index contributed by atoms with van der Waals surface area (Å²) in [6.07, 6.45) is 1.86. The quantitative estimate of drug-likeness (QED) is 0.636. The fraction of sp³-hybridized carbons (Fsp3) is 1.00. The predicted molar refractivity (Wildman–Crippen MR) is 70.3 cm³/mol. The number of hydrogen-bond donors (Lipinski definition) is 0. The Morgan fingerprint density at radius 2 is 1.56 bits per heavy atom. The summed E-state index contributed by atoms with van der Waals surface area (Å²) in [5.74, 6) is 0. The molecule has 0 aliphatic carbocycles. The first kappa shape index (κ1) is 16.1. The highest BCUT2D eigenvalue weighted by Crippen LogP contribution is 2.33. The first-order valence-electron chi connectivity index (χ1n) is 6.38. The van der Waals surface area contributed by atoms with E-state index in [1.807, 2.05) is 0 Å². The van der Waals surface area contributed by atoms with Gasteiger partial charge in [-0.25, -0.2) is 0 Å². The zero-order valence-electron chi connectivity index (χ0n) is 12.2. The van der Waals surface area contributed by atoms with Gasteiger partial charge >= 0.3 is 8.80 Å². The molecule has 0 aromatic heterocycles. The van der Waals surface area contributed by atoms with Crippen molar-refractivity contribution in [2.75, 3.05) is 34.5 Å². The average Bonchev–Trinajstić information content (AvgIpc) is 2.90. The van der Waals surface area contributed by atoms with Crippen LogP contribution in [0.25, 0.3) is 0 Å². The minimum Gasteiger partial charge on any atom is -0.377 e. The number of hydrogen-bond acceptors (Lipinski definition) is 5. The summed E-state index contributed by atoms with van der Waals surface area (Å²) >= 11 is 0. The van der Waals surface area contributed by atoms with Crippen molar-refractivity contribution in [1.29, 1.82) is 0 Å². The first-order valence-corrected chi connectivity index (χ1v) is 8.31. The molecular formula is C12H26O5Si. The van der Waals surface area contributed by atoms with Gasteiger partial charge < -0.3 is 22.8 Å². The van der Waals surface area contributed by atoms with E-state index in [1.165, 1.54) is 0 Å². The van der Waals surface area contributed by atoms with Gasteiger partial charge in [0.05, 0.1) is 13.2 Å². The minimum atomic E-state index is -2.44. The SMILES string of the molecule is CO[Si](CCCC(C)(C)C1OCCO1)(OC)OC. The zero-order chi connectivity index (χ0) is 13.6. The van der Waals surface area contributed by atoms with Crippen LogP contribution in [0.4, 0.5) is 0 Å². The highest BCUT2D eigenvalue weighted by molar-refractivity contribution is 6.60. The van der Waals surface area contributed by atoms with Gasteiger partial charge in [-0.15, -0.1) is 0 Å². The number of rotatable bonds is 8. The lowest BCUT2D eigenvalue weighted by Gasteiger charge is -2.31. The van der Waals surface area contributed by atoms with E-state index in [-0.39, 0.29) is 11.7 Å². The lowest BCUT2D eigenvalue weighted by molar-refractivity contribution is -0.122. The Balaban J connectivity index is 2.39. The molecule has 1 rings (SSSR count). The second-order valence-electron chi connectivity index (χ2n) is 5.21. The van der Waals surface area contributed by atoms with Crippen LogP contribution in [0, 0.1) is 5.41 Å². The molecule has 0 saturated carbocycles. The van der Waals surface area contributed by atoms with Crippen LogP contribution in [0.3, 0.4) is 0 Å². The highest BCUT2D eigenvalue weighted by atomic mass is 28.4. The summed E-state index contributed by atoms with van der Waals surface area (Å²) in [4.78, 5) is 0. The third-order valence-corrected chi connectivity index (χ3v) is 6.33. The Morgan fingerprint density at radius 1 is 1.06 bits per heavy atom. The average molecular weight is 278 g/mol. The fourth-order valence-corrected chi connectivity index (χ4v) is 3.97. The molecule has 6 heteroatoms. The van der Waals surface area contributed by atoms with Crippen molar-refractivity contribution >= 4 is 8.80 Å². The Kier molecular flexibility index (Phi) is 6.23. The van der Waals surface area contributed by atoms with Gasteiger partial charge in [0.25, 0.3) is 0 Å². The Morgan fingerprint density at radius 3 is 2.00 bits per heavy atom. The van der Waals surface area contributed by atoms with Crippen LogP contribution in [-0.2, 0) is 22.8 Å². The van der Waals surface area contributed by atoms with Crippen LogP contribution in [0.2, 0.25) is 6.04 Å². The Bertz CT molecular complexity index is 228. The molecule has 0 aromatic carbocycles. The van der Waals surface area contributed by atoms with Gasteiger partial charge in [-0.3, -0.25) is 0 Å². The maximum absolute atomic E-state index is 5.57. The van der Waals surface area contributed by atoms with Crippen LogP contribution in [0.1, 0.15) is 26.7 Å². The minimum absolute atomic E-state index is 0.00582. The topological polar surface area (TPSA) is 46.2 Å². The van der Waals surface area contributed by atoms with Crippen molar-refractivity contribution in [3.63, 3.8) is 0 Å². The Labute approximate surface area is 111 Å². The third kappa shape index (κ3) is 4.01. The summed E-state index contributed by atoms with van der Waals surface area (Å²) in [6.45, 7) is 5.72. The van der Waals surface area contributed by atoms with E-state index >= 15 is 0 Å². The van der Waals surface area contributed by atoms with Gasteiger partial charge in [0, 0.05) is 32.8 Å². The molecule has 0 aromatic rings. The van der Waals surface area contributed by atoms with E-state index in [0.29, 0.717) is 13.2 Å². The summed E-state index contributed by atoms with van der Waals surface area (Å²) in [7, 11) is 2.50. The molecule has 0 N–H and O–H groups in total. The fourth-order valence-electron chi connectivity index (χ4n) is 2.24. The van der Waals surface area contributed by atoms with Crippen molar-refractivity contribution in [2.45, 2.75) is 39.0 Å². The van der Waals surface area contributed by atoms with E-state index in [2.05, 4.69) is 13.8 Å². The van der Waals surface area contributed by atoms with Crippen LogP contribution >= 0.6 is 0 Å². The molecule has 108 valence electrons. The second kappa shape index (κ2) is 6.98. The van der Waals surface area contributed by atoms with Crippen molar-refractivity contribution in [2.24, 2.45) is 5.41 Å². The van der Waals surface area contributed by atoms with E-state index in [9.17, 15) is 0 Å². The molecule has 1 fully saturated rings. The molecule has 1 heterocycles. The molecule has 0 spiro atoms. The smallest absolute Gasteiger partial charge is 0.377 e. The monoisotopic (exact) mass is 278 g/mol. The van der Waals surface area contributed by atoms with Gasteiger partial charge in [0.2, 0.25) is 0 Å². The van der Waals surface area contributed by atoms with Gasteiger partial charge in [-0.2, -0.15) is 0 Å². The largest absolute Gasteiger partial charge is 0.500 e.